The van der Waals surface area contributed by atoms with Gasteiger partial charge in [-0.25, -0.2) is 0 Å². The second kappa shape index (κ2) is 6.69. The third-order valence-electron chi connectivity index (χ3n) is 4.21. The summed E-state index contributed by atoms with van der Waals surface area (Å²) < 4.78 is 5.16. The lowest BCUT2D eigenvalue weighted by Gasteiger charge is -2.44. The van der Waals surface area contributed by atoms with Crippen LogP contribution >= 0.6 is 0 Å². The van der Waals surface area contributed by atoms with Crippen molar-refractivity contribution >= 4 is 0 Å². The Kier molecular flexibility index (Phi) is 5.86. The van der Waals surface area contributed by atoms with Crippen LogP contribution in [0.5, 0.6) is 0 Å². The first-order valence-electron chi connectivity index (χ1n) is 6.74. The van der Waals surface area contributed by atoms with Crippen molar-refractivity contribution in [2.45, 2.75) is 51.6 Å². The summed E-state index contributed by atoms with van der Waals surface area (Å²) in [5.74, 6) is 6.29. The fourth-order valence-corrected chi connectivity index (χ4v) is 3.03. The second-order valence-electron chi connectivity index (χ2n) is 5.75. The summed E-state index contributed by atoms with van der Waals surface area (Å²) >= 11 is 0. The highest BCUT2D eigenvalue weighted by Crippen LogP contribution is 2.28. The lowest BCUT2D eigenvalue weighted by molar-refractivity contribution is 0.0693. The molecular formula is C13H29N3O. The quantitative estimate of drug-likeness (QED) is 0.524. The Bertz CT molecular complexity index is 215. The molecule has 4 heteroatoms. The zero-order valence-corrected chi connectivity index (χ0v) is 11.8. The van der Waals surface area contributed by atoms with Gasteiger partial charge in [-0.3, -0.25) is 16.2 Å². The van der Waals surface area contributed by atoms with Crippen LogP contribution in [0.15, 0.2) is 0 Å². The van der Waals surface area contributed by atoms with Crippen molar-refractivity contribution in [3.05, 3.63) is 0 Å². The third-order valence-corrected chi connectivity index (χ3v) is 4.21. The largest absolute Gasteiger partial charge is 0.385 e. The van der Waals surface area contributed by atoms with E-state index in [2.05, 4.69) is 31.1 Å². The number of ether oxygens (including phenoxy) is 1. The van der Waals surface area contributed by atoms with Gasteiger partial charge in [0, 0.05) is 25.3 Å². The van der Waals surface area contributed by atoms with E-state index in [1.165, 1.54) is 25.9 Å². The monoisotopic (exact) mass is 243 g/mol. The predicted molar refractivity (Wildman–Crippen MR) is 71.7 cm³/mol. The molecule has 1 heterocycles. The molecule has 1 rings (SSSR count). The summed E-state index contributed by atoms with van der Waals surface area (Å²) in [5.41, 5.74) is 3.14. The van der Waals surface area contributed by atoms with Gasteiger partial charge in [0.25, 0.3) is 0 Å². The molecule has 1 saturated heterocycles. The molecule has 0 aromatic carbocycles. The second-order valence-corrected chi connectivity index (χ2v) is 5.75. The van der Waals surface area contributed by atoms with Gasteiger partial charge in [-0.1, -0.05) is 6.92 Å². The van der Waals surface area contributed by atoms with Crippen molar-refractivity contribution in [1.82, 2.24) is 10.3 Å². The smallest absolute Gasteiger partial charge is 0.0465 e. The van der Waals surface area contributed by atoms with Crippen molar-refractivity contribution in [3.63, 3.8) is 0 Å². The number of nitrogens with two attached hydrogens (primary N) is 1. The van der Waals surface area contributed by atoms with E-state index in [9.17, 15) is 0 Å². The van der Waals surface area contributed by atoms with Crippen LogP contribution in [0.2, 0.25) is 0 Å². The van der Waals surface area contributed by atoms with Gasteiger partial charge in [0.1, 0.15) is 0 Å². The molecule has 0 bridgehead atoms. The number of nitrogens with one attached hydrogen (secondary N) is 1. The van der Waals surface area contributed by atoms with Crippen LogP contribution in [0.3, 0.4) is 0 Å². The zero-order valence-electron chi connectivity index (χ0n) is 11.8. The summed E-state index contributed by atoms with van der Waals surface area (Å²) in [6.45, 7) is 10.0. The Balaban J connectivity index is 2.62. The van der Waals surface area contributed by atoms with Gasteiger partial charge in [-0.15, -0.1) is 0 Å². The maximum absolute atomic E-state index is 5.78. The Morgan fingerprint density at radius 1 is 1.35 bits per heavy atom. The van der Waals surface area contributed by atoms with Gasteiger partial charge in [0.15, 0.2) is 0 Å². The van der Waals surface area contributed by atoms with Gasteiger partial charge in [0.2, 0.25) is 0 Å². The number of hydrogen-bond donors (Lipinski definition) is 2. The molecule has 4 nitrogen and oxygen atoms in total. The minimum absolute atomic E-state index is 0.110. The van der Waals surface area contributed by atoms with Crippen LogP contribution in [-0.2, 0) is 4.74 Å². The van der Waals surface area contributed by atoms with Crippen LogP contribution in [0.1, 0.15) is 40.0 Å². The average molecular weight is 243 g/mol. The molecule has 0 radical (unpaired) electrons. The molecule has 3 N–H and O–H groups in total. The van der Waals surface area contributed by atoms with Crippen LogP contribution in [0.4, 0.5) is 0 Å². The van der Waals surface area contributed by atoms with Crippen molar-refractivity contribution in [2.24, 2.45) is 11.8 Å². The minimum atomic E-state index is 0.110. The Morgan fingerprint density at radius 2 is 1.94 bits per heavy atom. The highest BCUT2D eigenvalue weighted by atomic mass is 16.5. The summed E-state index contributed by atoms with van der Waals surface area (Å²) in [4.78, 5) is 2.56. The van der Waals surface area contributed by atoms with Gasteiger partial charge in [-0.2, -0.15) is 0 Å². The van der Waals surface area contributed by atoms with Crippen LogP contribution in [0, 0.1) is 5.92 Å². The molecule has 0 aliphatic carbocycles. The van der Waals surface area contributed by atoms with Crippen LogP contribution in [-0.4, -0.2) is 43.3 Å². The molecule has 1 aliphatic rings. The number of nitrogens with zero attached hydrogens (tertiary/aromatic N) is 1. The molecule has 17 heavy (non-hydrogen) atoms. The first kappa shape index (κ1) is 14.9. The molecule has 2 unspecified atom stereocenters. The van der Waals surface area contributed by atoms with Gasteiger partial charge in [-0.05, 0) is 52.1 Å². The van der Waals surface area contributed by atoms with Crippen molar-refractivity contribution < 1.29 is 4.74 Å². The van der Waals surface area contributed by atoms with E-state index in [1.54, 1.807) is 7.11 Å². The molecule has 0 saturated carbocycles. The molecular weight excluding hydrogens is 214 g/mol. The summed E-state index contributed by atoms with van der Waals surface area (Å²) in [7, 11) is 1.75. The first-order chi connectivity index (χ1) is 8.04. The molecule has 0 spiro atoms. The molecule has 2 atom stereocenters. The van der Waals surface area contributed by atoms with E-state index in [1.807, 2.05) is 0 Å². The fourth-order valence-electron chi connectivity index (χ4n) is 3.03. The van der Waals surface area contributed by atoms with Gasteiger partial charge in [0.05, 0.1) is 0 Å². The number of hydrazine groups is 1. The lowest BCUT2D eigenvalue weighted by atomic mass is 9.83. The molecule has 0 aromatic heterocycles. The summed E-state index contributed by atoms with van der Waals surface area (Å²) in [6, 6.07) is 0.302. The maximum Gasteiger partial charge on any atom is 0.0465 e. The maximum atomic E-state index is 5.78. The number of likely N-dealkylation sites (tertiary alicyclic amines) is 1. The van der Waals surface area contributed by atoms with Gasteiger partial charge >= 0.3 is 0 Å². The van der Waals surface area contributed by atoms with Gasteiger partial charge < -0.3 is 4.74 Å². The predicted octanol–water partition coefficient (Wildman–Crippen LogP) is 1.37. The molecule has 0 amide bonds. The fraction of sp³-hybridized carbons (Fsp3) is 1.00. The van der Waals surface area contributed by atoms with Crippen molar-refractivity contribution in [2.75, 3.05) is 26.8 Å². The molecule has 102 valence electrons. The van der Waals surface area contributed by atoms with E-state index in [0.29, 0.717) is 12.0 Å². The minimum Gasteiger partial charge on any atom is -0.385 e. The average Bonchev–Trinajstić information content (AvgIpc) is 2.80. The van der Waals surface area contributed by atoms with E-state index in [-0.39, 0.29) is 5.54 Å². The van der Waals surface area contributed by atoms with Crippen molar-refractivity contribution in [1.29, 1.82) is 0 Å². The topological polar surface area (TPSA) is 50.5 Å². The van der Waals surface area contributed by atoms with E-state index < -0.39 is 0 Å². The van der Waals surface area contributed by atoms with E-state index in [0.717, 1.165) is 13.0 Å². The number of hydrogen-bond acceptors (Lipinski definition) is 4. The Hall–Kier alpha value is -0.160. The lowest BCUT2D eigenvalue weighted by Crippen LogP contribution is -2.61. The Morgan fingerprint density at radius 3 is 2.41 bits per heavy atom. The Labute approximate surface area is 106 Å². The molecule has 0 aromatic rings. The molecule has 1 aliphatic heterocycles. The molecule has 1 fully saturated rings. The van der Waals surface area contributed by atoms with E-state index >= 15 is 0 Å². The van der Waals surface area contributed by atoms with E-state index in [4.69, 9.17) is 10.6 Å². The first-order valence-corrected chi connectivity index (χ1v) is 6.74. The normalized spacial score (nSPS) is 21.7. The highest BCUT2D eigenvalue weighted by molar-refractivity contribution is 4.96. The van der Waals surface area contributed by atoms with Crippen LogP contribution < -0.4 is 11.3 Å². The number of methoxy groups -OCH3 is 1. The zero-order chi connectivity index (χ0) is 12.9. The summed E-state index contributed by atoms with van der Waals surface area (Å²) in [5, 5.41) is 0. The van der Waals surface area contributed by atoms with Crippen molar-refractivity contribution in [3.8, 4) is 0 Å². The number of rotatable bonds is 7. The van der Waals surface area contributed by atoms with Crippen LogP contribution in [0.25, 0.3) is 0 Å². The third kappa shape index (κ3) is 3.65. The summed E-state index contributed by atoms with van der Waals surface area (Å²) in [6.07, 6.45) is 3.67. The SMILES string of the molecule is COCCC(C)C(NN)C(C)(C)N1CCCC1. The standard InChI is InChI=1S/C13H29N3O/c1-11(7-10-17-4)12(15-14)13(2,3)16-8-5-6-9-16/h11-12,15H,5-10,14H2,1-4H3. The highest BCUT2D eigenvalue weighted by Gasteiger charge is 2.38.